The van der Waals surface area contributed by atoms with Crippen molar-refractivity contribution in [3.8, 4) is 5.75 Å². The van der Waals surface area contributed by atoms with E-state index in [1.165, 1.54) is 18.9 Å². The minimum absolute atomic E-state index is 0.0124. The van der Waals surface area contributed by atoms with E-state index >= 15 is 0 Å². The van der Waals surface area contributed by atoms with Crippen LogP contribution in [0.25, 0.3) is 5.57 Å². The first-order valence-electron chi connectivity index (χ1n) is 10.8. The largest absolute Gasteiger partial charge is 0.493 e. The van der Waals surface area contributed by atoms with E-state index in [-0.39, 0.29) is 30.6 Å². The normalized spacial score (nSPS) is 22.6. The van der Waals surface area contributed by atoms with Crippen LogP contribution in [0.1, 0.15) is 43.2 Å². The SMILES string of the molecule is O=C(OCc1ccccc1)N1C2C=C(c3cc(F)ccc3OCC3CC3)CC1CC2. The second-order valence-electron chi connectivity index (χ2n) is 8.54. The lowest BCUT2D eigenvalue weighted by Crippen LogP contribution is -2.43. The third kappa shape index (κ3) is 4.07. The van der Waals surface area contributed by atoms with Crippen LogP contribution in [0.3, 0.4) is 0 Å². The Balaban J connectivity index is 1.31. The van der Waals surface area contributed by atoms with Gasteiger partial charge < -0.3 is 9.47 Å². The molecule has 5 rings (SSSR count). The van der Waals surface area contributed by atoms with Crippen LogP contribution in [-0.2, 0) is 11.3 Å². The van der Waals surface area contributed by atoms with Gasteiger partial charge in [-0.1, -0.05) is 36.4 Å². The zero-order chi connectivity index (χ0) is 20.5. The van der Waals surface area contributed by atoms with E-state index in [1.54, 1.807) is 12.1 Å². The summed E-state index contributed by atoms with van der Waals surface area (Å²) >= 11 is 0. The highest BCUT2D eigenvalue weighted by molar-refractivity contribution is 5.77. The number of carbonyl (C=O) groups is 1. The maximum atomic E-state index is 14.0. The fourth-order valence-corrected chi connectivity index (χ4v) is 4.48. The molecule has 2 bridgehead atoms. The van der Waals surface area contributed by atoms with E-state index in [9.17, 15) is 9.18 Å². The quantitative estimate of drug-likeness (QED) is 0.628. The van der Waals surface area contributed by atoms with Gasteiger partial charge in [-0.15, -0.1) is 0 Å². The summed E-state index contributed by atoms with van der Waals surface area (Å²) in [7, 11) is 0. The molecule has 1 amide bonds. The van der Waals surface area contributed by atoms with Crippen LogP contribution >= 0.6 is 0 Å². The molecule has 2 heterocycles. The number of nitrogens with zero attached hydrogens (tertiary/aromatic N) is 1. The Morgan fingerprint density at radius 1 is 1.07 bits per heavy atom. The Morgan fingerprint density at radius 2 is 1.90 bits per heavy atom. The van der Waals surface area contributed by atoms with Crippen LogP contribution in [0, 0.1) is 11.7 Å². The summed E-state index contributed by atoms with van der Waals surface area (Å²) < 4.78 is 25.6. The average Bonchev–Trinajstić information content (AvgIpc) is 3.55. The third-order valence-electron chi connectivity index (χ3n) is 6.27. The van der Waals surface area contributed by atoms with Crippen molar-refractivity contribution in [2.45, 2.75) is 50.8 Å². The van der Waals surface area contributed by atoms with Gasteiger partial charge in [0, 0.05) is 11.6 Å². The van der Waals surface area contributed by atoms with Crippen molar-refractivity contribution in [1.29, 1.82) is 0 Å². The molecular weight excluding hydrogens is 381 g/mol. The predicted octanol–water partition coefficient (Wildman–Crippen LogP) is 5.57. The van der Waals surface area contributed by atoms with Gasteiger partial charge in [0.05, 0.1) is 12.6 Å². The second-order valence-corrected chi connectivity index (χ2v) is 8.54. The molecule has 156 valence electrons. The van der Waals surface area contributed by atoms with Crippen LogP contribution in [0.15, 0.2) is 54.6 Å². The maximum Gasteiger partial charge on any atom is 0.410 e. The summed E-state index contributed by atoms with van der Waals surface area (Å²) in [6, 6.07) is 14.5. The third-order valence-corrected chi connectivity index (χ3v) is 6.27. The van der Waals surface area contributed by atoms with Crippen molar-refractivity contribution in [2.24, 2.45) is 5.92 Å². The standard InChI is InChI=1S/C25H26FNO3/c26-20-8-11-24(29-15-18-6-7-18)23(14-20)19-12-21-9-10-22(13-19)27(21)25(28)30-16-17-4-2-1-3-5-17/h1-5,8,11-12,14,18,21-22H,6-7,9-10,13,15-16H2. The van der Waals surface area contributed by atoms with E-state index in [1.807, 2.05) is 35.2 Å². The van der Waals surface area contributed by atoms with Crippen LogP contribution in [0.5, 0.6) is 5.75 Å². The van der Waals surface area contributed by atoms with Crippen LogP contribution in [0.2, 0.25) is 0 Å². The number of hydrogen-bond acceptors (Lipinski definition) is 3. The van der Waals surface area contributed by atoms with Gasteiger partial charge in [0.15, 0.2) is 0 Å². The Hall–Kier alpha value is -2.82. The highest BCUT2D eigenvalue weighted by Crippen LogP contribution is 2.42. The average molecular weight is 407 g/mol. The molecule has 0 spiro atoms. The van der Waals surface area contributed by atoms with Crippen molar-refractivity contribution >= 4 is 11.7 Å². The first-order chi connectivity index (χ1) is 14.7. The Kier molecular flexibility index (Phi) is 5.19. The van der Waals surface area contributed by atoms with E-state index in [0.717, 1.165) is 35.3 Å². The number of carbonyl (C=O) groups excluding carboxylic acids is 1. The van der Waals surface area contributed by atoms with E-state index in [4.69, 9.17) is 9.47 Å². The van der Waals surface area contributed by atoms with Gasteiger partial charge in [0.1, 0.15) is 18.2 Å². The Labute approximate surface area is 176 Å². The molecule has 4 nitrogen and oxygen atoms in total. The number of rotatable bonds is 6. The molecule has 2 aromatic carbocycles. The summed E-state index contributed by atoms with van der Waals surface area (Å²) in [5, 5.41) is 0. The summed E-state index contributed by atoms with van der Waals surface area (Å²) in [5.74, 6) is 1.12. The van der Waals surface area contributed by atoms with Gasteiger partial charge in [0.25, 0.3) is 0 Å². The lowest BCUT2D eigenvalue weighted by Gasteiger charge is -2.33. The fraction of sp³-hybridized carbons (Fsp3) is 0.400. The fourth-order valence-electron chi connectivity index (χ4n) is 4.48. The van der Waals surface area contributed by atoms with Gasteiger partial charge in [-0.2, -0.15) is 0 Å². The number of benzene rings is 2. The number of hydrogen-bond donors (Lipinski definition) is 0. The molecule has 2 fully saturated rings. The van der Waals surface area contributed by atoms with Crippen LogP contribution in [0.4, 0.5) is 9.18 Å². The number of amides is 1. The molecule has 5 heteroatoms. The van der Waals surface area contributed by atoms with Gasteiger partial charge in [-0.25, -0.2) is 9.18 Å². The molecule has 30 heavy (non-hydrogen) atoms. The Morgan fingerprint density at radius 3 is 2.67 bits per heavy atom. The zero-order valence-corrected chi connectivity index (χ0v) is 16.9. The summed E-state index contributed by atoms with van der Waals surface area (Å²) in [6.45, 7) is 0.964. The maximum absolute atomic E-state index is 14.0. The molecule has 2 unspecified atom stereocenters. The molecule has 0 radical (unpaired) electrons. The van der Waals surface area contributed by atoms with Gasteiger partial charge in [-0.3, -0.25) is 4.90 Å². The molecule has 3 aliphatic rings. The smallest absolute Gasteiger partial charge is 0.410 e. The van der Waals surface area contributed by atoms with Crippen molar-refractivity contribution in [3.63, 3.8) is 0 Å². The summed E-state index contributed by atoms with van der Waals surface area (Å²) in [5.41, 5.74) is 2.87. The lowest BCUT2D eigenvalue weighted by molar-refractivity contribution is 0.0832. The van der Waals surface area contributed by atoms with Gasteiger partial charge in [0.2, 0.25) is 0 Å². The molecular formula is C25H26FNO3. The van der Waals surface area contributed by atoms with Gasteiger partial charge >= 0.3 is 6.09 Å². The predicted molar refractivity (Wildman–Crippen MR) is 112 cm³/mol. The highest BCUT2D eigenvalue weighted by Gasteiger charge is 2.41. The molecule has 1 aliphatic carbocycles. The molecule has 1 saturated heterocycles. The first-order valence-corrected chi connectivity index (χ1v) is 10.8. The van der Waals surface area contributed by atoms with E-state index in [2.05, 4.69) is 6.08 Å². The van der Waals surface area contributed by atoms with Crippen molar-refractivity contribution in [1.82, 2.24) is 4.90 Å². The van der Waals surface area contributed by atoms with Crippen LogP contribution < -0.4 is 4.74 Å². The molecule has 2 aromatic rings. The molecule has 0 aromatic heterocycles. The minimum Gasteiger partial charge on any atom is -0.493 e. The molecule has 1 saturated carbocycles. The summed E-state index contributed by atoms with van der Waals surface area (Å²) in [4.78, 5) is 14.6. The van der Waals surface area contributed by atoms with E-state index < -0.39 is 0 Å². The van der Waals surface area contributed by atoms with Crippen molar-refractivity contribution < 1.29 is 18.7 Å². The Bertz CT molecular complexity index is 954. The van der Waals surface area contributed by atoms with E-state index in [0.29, 0.717) is 18.9 Å². The number of ether oxygens (including phenoxy) is 2. The van der Waals surface area contributed by atoms with Crippen LogP contribution in [-0.4, -0.2) is 29.7 Å². The monoisotopic (exact) mass is 407 g/mol. The number of fused-ring (bicyclic) bond motifs is 2. The summed E-state index contributed by atoms with van der Waals surface area (Å²) in [6.07, 6.45) is 6.78. The number of halogens is 1. The molecule has 2 atom stereocenters. The van der Waals surface area contributed by atoms with Crippen molar-refractivity contribution in [2.75, 3.05) is 6.61 Å². The zero-order valence-electron chi connectivity index (χ0n) is 16.9. The van der Waals surface area contributed by atoms with Crippen molar-refractivity contribution in [3.05, 3.63) is 71.6 Å². The first kappa shape index (κ1) is 19.2. The topological polar surface area (TPSA) is 38.8 Å². The second kappa shape index (κ2) is 8.13. The molecule has 2 aliphatic heterocycles. The van der Waals surface area contributed by atoms with Gasteiger partial charge in [-0.05, 0) is 67.4 Å². The highest BCUT2D eigenvalue weighted by atomic mass is 19.1. The minimum atomic E-state index is -0.272. The lowest BCUT2D eigenvalue weighted by atomic mass is 9.94. The molecule has 0 N–H and O–H groups in total.